The van der Waals surface area contributed by atoms with Gasteiger partial charge in [0.05, 0.1) is 18.5 Å². The molecule has 2 aromatic heterocycles. The van der Waals surface area contributed by atoms with E-state index in [0.29, 0.717) is 17.9 Å². The number of carbonyl (C=O) groups excluding carboxylic acids is 1. The monoisotopic (exact) mass is 267 g/mol. The maximum Gasteiger partial charge on any atom is 0.358 e. The Bertz CT molecular complexity index is 750. The van der Waals surface area contributed by atoms with Gasteiger partial charge in [0.15, 0.2) is 11.3 Å². The average Bonchev–Trinajstić information content (AvgIpc) is 2.91. The lowest BCUT2D eigenvalue weighted by Crippen LogP contribution is -2.04. The minimum absolute atomic E-state index is 0.291. The number of nitrogens with zero attached hydrogens (tertiary/aromatic N) is 3. The zero-order valence-corrected chi connectivity index (χ0v) is 11.0. The Kier molecular flexibility index (Phi) is 3.16. The highest BCUT2D eigenvalue weighted by atomic mass is 16.5. The van der Waals surface area contributed by atoms with Crippen LogP contribution < -0.4 is 0 Å². The molecule has 0 bridgehead atoms. The topological polar surface area (TPSA) is 56.5 Å². The van der Waals surface area contributed by atoms with Crippen LogP contribution in [0, 0.1) is 0 Å². The summed E-state index contributed by atoms with van der Waals surface area (Å²) >= 11 is 0. The molecular weight excluding hydrogens is 254 g/mol. The summed E-state index contributed by atoms with van der Waals surface area (Å²) in [6, 6.07) is 9.84. The molecule has 0 unspecified atom stereocenters. The van der Waals surface area contributed by atoms with Crippen LogP contribution in [-0.4, -0.2) is 26.9 Å². The third kappa shape index (κ3) is 2.25. The van der Waals surface area contributed by atoms with Crippen LogP contribution >= 0.6 is 0 Å². The van der Waals surface area contributed by atoms with E-state index < -0.39 is 5.97 Å². The summed E-state index contributed by atoms with van der Waals surface area (Å²) in [4.78, 5) is 20.2. The van der Waals surface area contributed by atoms with E-state index in [9.17, 15) is 4.79 Å². The van der Waals surface area contributed by atoms with Crippen molar-refractivity contribution in [1.29, 1.82) is 0 Å². The summed E-state index contributed by atoms with van der Waals surface area (Å²) in [6.07, 6.45) is 5.15. The molecule has 0 aliphatic carbocycles. The van der Waals surface area contributed by atoms with Crippen LogP contribution in [0.15, 0.2) is 48.9 Å². The van der Waals surface area contributed by atoms with Gasteiger partial charge >= 0.3 is 5.97 Å². The normalized spacial score (nSPS) is 10.7. The summed E-state index contributed by atoms with van der Waals surface area (Å²) in [5.41, 5.74) is 2.75. The molecule has 0 fully saturated rings. The number of ether oxygens (including phenoxy) is 1. The molecule has 5 nitrogen and oxygen atoms in total. The largest absolute Gasteiger partial charge is 0.461 e. The second-order valence-corrected chi connectivity index (χ2v) is 4.25. The number of benzene rings is 1. The van der Waals surface area contributed by atoms with Crippen LogP contribution in [0.2, 0.25) is 0 Å². The van der Waals surface area contributed by atoms with Crippen molar-refractivity contribution in [2.24, 2.45) is 0 Å². The summed E-state index contributed by atoms with van der Waals surface area (Å²) < 4.78 is 6.72. The van der Waals surface area contributed by atoms with E-state index in [1.807, 2.05) is 36.5 Å². The van der Waals surface area contributed by atoms with Gasteiger partial charge in [0.1, 0.15) is 0 Å². The number of hydrogen-bond acceptors (Lipinski definition) is 4. The van der Waals surface area contributed by atoms with Crippen molar-refractivity contribution in [2.75, 3.05) is 6.61 Å². The molecule has 5 heteroatoms. The van der Waals surface area contributed by atoms with Gasteiger partial charge in [-0.1, -0.05) is 30.3 Å². The van der Waals surface area contributed by atoms with E-state index in [1.54, 1.807) is 23.7 Å². The molecule has 0 saturated carbocycles. The molecule has 0 aliphatic rings. The Morgan fingerprint density at radius 1 is 1.25 bits per heavy atom. The molecule has 3 aromatic rings. The van der Waals surface area contributed by atoms with Crippen molar-refractivity contribution in [3.63, 3.8) is 0 Å². The summed E-state index contributed by atoms with van der Waals surface area (Å²) in [6.45, 7) is 2.10. The minimum Gasteiger partial charge on any atom is -0.461 e. The molecule has 0 spiro atoms. The third-order valence-electron chi connectivity index (χ3n) is 2.90. The second kappa shape index (κ2) is 5.13. The van der Waals surface area contributed by atoms with Crippen molar-refractivity contribution in [1.82, 2.24) is 14.4 Å². The third-order valence-corrected chi connectivity index (χ3v) is 2.90. The lowest BCUT2D eigenvalue weighted by atomic mass is 10.2. The van der Waals surface area contributed by atoms with Crippen molar-refractivity contribution in [3.8, 4) is 11.3 Å². The Labute approximate surface area is 115 Å². The first kappa shape index (κ1) is 12.3. The minimum atomic E-state index is -0.419. The van der Waals surface area contributed by atoms with Crippen LogP contribution in [0.5, 0.6) is 0 Å². The number of rotatable bonds is 3. The molecule has 0 atom stereocenters. The Morgan fingerprint density at radius 3 is 2.80 bits per heavy atom. The van der Waals surface area contributed by atoms with Crippen LogP contribution in [-0.2, 0) is 4.74 Å². The summed E-state index contributed by atoms with van der Waals surface area (Å²) in [5.74, 6) is -0.419. The van der Waals surface area contributed by atoms with E-state index in [4.69, 9.17) is 4.74 Å². The number of carbonyl (C=O) groups is 1. The van der Waals surface area contributed by atoms with Crippen molar-refractivity contribution >= 4 is 11.6 Å². The van der Waals surface area contributed by atoms with E-state index in [-0.39, 0.29) is 0 Å². The van der Waals surface area contributed by atoms with Crippen LogP contribution in [0.4, 0.5) is 0 Å². The van der Waals surface area contributed by atoms with Crippen molar-refractivity contribution in [2.45, 2.75) is 6.92 Å². The smallest absolute Gasteiger partial charge is 0.358 e. The van der Waals surface area contributed by atoms with E-state index in [2.05, 4.69) is 9.97 Å². The SMILES string of the molecule is CCOC(=O)c1cn2cc(-c3ccccc3)ncc2n1. The number of aromatic nitrogens is 3. The average molecular weight is 267 g/mol. The standard InChI is InChI=1S/C15H13N3O2/c1-2-20-15(19)13-10-18-9-12(16-8-14(18)17-13)11-6-4-3-5-7-11/h3-10H,2H2,1H3. The molecule has 3 rings (SSSR count). The molecule has 0 aliphatic heterocycles. The predicted octanol–water partition coefficient (Wildman–Crippen LogP) is 2.57. The lowest BCUT2D eigenvalue weighted by molar-refractivity contribution is 0.0520. The first-order valence-electron chi connectivity index (χ1n) is 6.35. The molecule has 2 heterocycles. The van der Waals surface area contributed by atoms with Gasteiger partial charge < -0.3 is 9.14 Å². The van der Waals surface area contributed by atoms with Crippen LogP contribution in [0.3, 0.4) is 0 Å². The number of hydrogen-bond donors (Lipinski definition) is 0. The highest BCUT2D eigenvalue weighted by Crippen LogP contribution is 2.17. The highest BCUT2D eigenvalue weighted by molar-refractivity contribution is 5.88. The fourth-order valence-electron chi connectivity index (χ4n) is 1.96. The summed E-state index contributed by atoms with van der Waals surface area (Å²) in [7, 11) is 0. The molecule has 0 radical (unpaired) electrons. The number of imidazole rings is 1. The van der Waals surface area contributed by atoms with Gasteiger partial charge in [0, 0.05) is 18.0 Å². The van der Waals surface area contributed by atoms with E-state index in [0.717, 1.165) is 11.3 Å². The Morgan fingerprint density at radius 2 is 2.05 bits per heavy atom. The second-order valence-electron chi connectivity index (χ2n) is 4.25. The van der Waals surface area contributed by atoms with Crippen LogP contribution in [0.25, 0.3) is 16.9 Å². The van der Waals surface area contributed by atoms with Gasteiger partial charge in [0.2, 0.25) is 0 Å². The van der Waals surface area contributed by atoms with Crippen molar-refractivity contribution < 1.29 is 9.53 Å². The molecule has 1 aromatic carbocycles. The van der Waals surface area contributed by atoms with Gasteiger partial charge in [-0.15, -0.1) is 0 Å². The highest BCUT2D eigenvalue weighted by Gasteiger charge is 2.12. The maximum atomic E-state index is 11.7. The molecule has 0 saturated heterocycles. The summed E-state index contributed by atoms with van der Waals surface area (Å²) in [5, 5.41) is 0. The lowest BCUT2D eigenvalue weighted by Gasteiger charge is -2.00. The quantitative estimate of drug-likeness (QED) is 0.684. The zero-order valence-electron chi connectivity index (χ0n) is 11.0. The first-order valence-corrected chi connectivity index (χ1v) is 6.35. The molecule has 20 heavy (non-hydrogen) atoms. The van der Waals surface area contributed by atoms with Gasteiger partial charge in [-0.25, -0.2) is 9.78 Å². The molecule has 0 N–H and O–H groups in total. The molecule has 0 amide bonds. The van der Waals surface area contributed by atoms with E-state index >= 15 is 0 Å². The number of fused-ring (bicyclic) bond motifs is 1. The van der Waals surface area contributed by atoms with Crippen molar-refractivity contribution in [3.05, 3.63) is 54.6 Å². The fourth-order valence-corrected chi connectivity index (χ4v) is 1.96. The fraction of sp³-hybridized carbons (Fsp3) is 0.133. The van der Waals surface area contributed by atoms with Gasteiger partial charge in [-0.2, -0.15) is 0 Å². The van der Waals surface area contributed by atoms with Gasteiger partial charge in [-0.3, -0.25) is 4.98 Å². The Balaban J connectivity index is 2.02. The molecule has 100 valence electrons. The van der Waals surface area contributed by atoms with Gasteiger partial charge in [0.25, 0.3) is 0 Å². The predicted molar refractivity (Wildman–Crippen MR) is 74.4 cm³/mol. The maximum absolute atomic E-state index is 11.7. The first-order chi connectivity index (χ1) is 9.78. The van der Waals surface area contributed by atoms with E-state index in [1.165, 1.54) is 0 Å². The van der Waals surface area contributed by atoms with Crippen LogP contribution in [0.1, 0.15) is 17.4 Å². The van der Waals surface area contributed by atoms with Gasteiger partial charge in [-0.05, 0) is 6.92 Å². The molecular formula is C15H13N3O2. The zero-order chi connectivity index (χ0) is 13.9. The Hall–Kier alpha value is -2.69. The number of esters is 1.